The first-order chi connectivity index (χ1) is 8.49. The van der Waals surface area contributed by atoms with E-state index in [1.165, 1.54) is 0 Å². The van der Waals surface area contributed by atoms with Gasteiger partial charge in [0.1, 0.15) is 0 Å². The van der Waals surface area contributed by atoms with Crippen molar-refractivity contribution in [2.24, 2.45) is 5.73 Å². The van der Waals surface area contributed by atoms with Crippen molar-refractivity contribution in [3.05, 3.63) is 29.3 Å². The van der Waals surface area contributed by atoms with Gasteiger partial charge in [-0.1, -0.05) is 12.1 Å². The van der Waals surface area contributed by atoms with Gasteiger partial charge in [-0.25, -0.2) is 0 Å². The number of aliphatic hydroxyl groups is 1. The van der Waals surface area contributed by atoms with Gasteiger partial charge >= 0.3 is 0 Å². The Bertz CT molecular complexity index is 469. The molecule has 1 aromatic carbocycles. The van der Waals surface area contributed by atoms with Gasteiger partial charge in [-0.15, -0.1) is 0 Å². The smallest absolute Gasteiger partial charge is 0.227 e. The SMILES string of the molecule is CC(C)(CO)N1C(=O)CCc2cc(CN)ccc21. The molecule has 0 aliphatic carbocycles. The summed E-state index contributed by atoms with van der Waals surface area (Å²) in [4.78, 5) is 13.8. The maximum absolute atomic E-state index is 12.1. The molecule has 0 spiro atoms. The molecular weight excluding hydrogens is 228 g/mol. The van der Waals surface area contributed by atoms with Crippen LogP contribution in [-0.4, -0.2) is 23.2 Å². The molecule has 0 bridgehead atoms. The van der Waals surface area contributed by atoms with Crippen LogP contribution in [0.25, 0.3) is 0 Å². The molecule has 0 radical (unpaired) electrons. The molecule has 1 heterocycles. The van der Waals surface area contributed by atoms with Crippen molar-refractivity contribution >= 4 is 11.6 Å². The summed E-state index contributed by atoms with van der Waals surface area (Å²) in [7, 11) is 0. The Morgan fingerprint density at radius 3 is 2.72 bits per heavy atom. The lowest BCUT2D eigenvalue weighted by Crippen LogP contribution is -2.52. The van der Waals surface area contributed by atoms with E-state index in [9.17, 15) is 9.90 Å². The minimum Gasteiger partial charge on any atom is -0.394 e. The van der Waals surface area contributed by atoms with Gasteiger partial charge in [0, 0.05) is 18.7 Å². The van der Waals surface area contributed by atoms with Crippen LogP contribution < -0.4 is 10.6 Å². The second-order valence-electron chi connectivity index (χ2n) is 5.37. The van der Waals surface area contributed by atoms with Crippen LogP contribution in [0.4, 0.5) is 5.69 Å². The van der Waals surface area contributed by atoms with Crippen molar-refractivity contribution in [3.63, 3.8) is 0 Å². The predicted molar refractivity (Wildman–Crippen MR) is 71.3 cm³/mol. The lowest BCUT2D eigenvalue weighted by molar-refractivity contribution is -0.120. The Kier molecular flexibility index (Phi) is 3.41. The number of nitrogens with zero attached hydrogens (tertiary/aromatic N) is 1. The van der Waals surface area contributed by atoms with Crippen LogP contribution >= 0.6 is 0 Å². The number of aryl methyl sites for hydroxylation is 1. The van der Waals surface area contributed by atoms with Crippen LogP contribution in [0.1, 0.15) is 31.4 Å². The van der Waals surface area contributed by atoms with E-state index >= 15 is 0 Å². The summed E-state index contributed by atoms with van der Waals surface area (Å²) in [6.07, 6.45) is 1.24. The average molecular weight is 248 g/mol. The quantitative estimate of drug-likeness (QED) is 0.844. The number of rotatable bonds is 3. The summed E-state index contributed by atoms with van der Waals surface area (Å²) < 4.78 is 0. The van der Waals surface area contributed by atoms with Crippen LogP contribution in [0.2, 0.25) is 0 Å². The number of fused-ring (bicyclic) bond motifs is 1. The fraction of sp³-hybridized carbons (Fsp3) is 0.500. The minimum absolute atomic E-state index is 0.0587. The average Bonchev–Trinajstić information content (AvgIpc) is 2.37. The van der Waals surface area contributed by atoms with Crippen molar-refractivity contribution in [1.82, 2.24) is 0 Å². The number of hydrogen-bond acceptors (Lipinski definition) is 3. The Balaban J connectivity index is 2.48. The molecule has 4 nitrogen and oxygen atoms in total. The van der Waals surface area contributed by atoms with E-state index in [1.807, 2.05) is 26.0 Å². The van der Waals surface area contributed by atoms with Crippen LogP contribution in [0.3, 0.4) is 0 Å². The molecule has 1 aliphatic heterocycles. The normalized spacial score (nSPS) is 15.8. The molecule has 2 rings (SSSR count). The van der Waals surface area contributed by atoms with Gasteiger partial charge in [-0.05, 0) is 37.5 Å². The summed E-state index contributed by atoms with van der Waals surface area (Å²) in [6, 6.07) is 5.94. The maximum atomic E-state index is 12.1. The van der Waals surface area contributed by atoms with E-state index in [-0.39, 0.29) is 12.5 Å². The lowest BCUT2D eigenvalue weighted by atomic mass is 9.93. The molecule has 18 heavy (non-hydrogen) atoms. The molecule has 0 unspecified atom stereocenters. The summed E-state index contributed by atoms with van der Waals surface area (Å²) >= 11 is 0. The van der Waals surface area contributed by atoms with Crippen LogP contribution in [0.5, 0.6) is 0 Å². The first-order valence-electron chi connectivity index (χ1n) is 6.25. The van der Waals surface area contributed by atoms with Crippen molar-refractivity contribution < 1.29 is 9.90 Å². The number of nitrogens with two attached hydrogens (primary N) is 1. The number of carbonyl (C=O) groups excluding carboxylic acids is 1. The van der Waals surface area contributed by atoms with Gasteiger partial charge in [0.15, 0.2) is 0 Å². The molecule has 3 N–H and O–H groups in total. The number of aliphatic hydroxyl groups excluding tert-OH is 1. The van der Waals surface area contributed by atoms with E-state index in [1.54, 1.807) is 4.90 Å². The number of anilines is 1. The summed E-state index contributed by atoms with van der Waals surface area (Å²) in [6.45, 7) is 4.19. The Morgan fingerprint density at radius 2 is 2.11 bits per heavy atom. The van der Waals surface area contributed by atoms with E-state index in [0.29, 0.717) is 13.0 Å². The molecule has 0 aromatic heterocycles. The lowest BCUT2D eigenvalue weighted by Gasteiger charge is -2.41. The summed E-state index contributed by atoms with van der Waals surface area (Å²) in [5, 5.41) is 9.48. The molecule has 0 fully saturated rings. The molecule has 1 aliphatic rings. The number of hydrogen-bond donors (Lipinski definition) is 2. The molecule has 1 amide bonds. The first-order valence-corrected chi connectivity index (χ1v) is 6.25. The fourth-order valence-electron chi connectivity index (χ4n) is 2.41. The molecule has 0 saturated carbocycles. The molecule has 4 heteroatoms. The van der Waals surface area contributed by atoms with Crippen molar-refractivity contribution in [2.75, 3.05) is 11.5 Å². The van der Waals surface area contributed by atoms with Gasteiger partial charge in [0.25, 0.3) is 0 Å². The van der Waals surface area contributed by atoms with E-state index < -0.39 is 5.54 Å². The zero-order chi connectivity index (χ0) is 13.3. The van der Waals surface area contributed by atoms with Gasteiger partial charge in [0.05, 0.1) is 12.1 Å². The second-order valence-corrected chi connectivity index (χ2v) is 5.37. The van der Waals surface area contributed by atoms with E-state index in [4.69, 9.17) is 5.73 Å². The van der Waals surface area contributed by atoms with Crippen molar-refractivity contribution in [3.8, 4) is 0 Å². The fourth-order valence-corrected chi connectivity index (χ4v) is 2.41. The Hall–Kier alpha value is -1.39. The number of benzene rings is 1. The highest BCUT2D eigenvalue weighted by molar-refractivity contribution is 5.97. The van der Waals surface area contributed by atoms with E-state index in [0.717, 1.165) is 23.2 Å². The zero-order valence-electron chi connectivity index (χ0n) is 10.9. The second kappa shape index (κ2) is 4.71. The molecule has 0 saturated heterocycles. The van der Waals surface area contributed by atoms with Crippen LogP contribution in [0.15, 0.2) is 18.2 Å². The topological polar surface area (TPSA) is 66.6 Å². The molecule has 98 valence electrons. The monoisotopic (exact) mass is 248 g/mol. The number of carbonyl (C=O) groups is 1. The van der Waals surface area contributed by atoms with Gasteiger partial charge < -0.3 is 15.7 Å². The summed E-state index contributed by atoms with van der Waals surface area (Å²) in [5.41, 5.74) is 8.18. The van der Waals surface area contributed by atoms with Crippen molar-refractivity contribution in [1.29, 1.82) is 0 Å². The third-order valence-corrected chi connectivity index (χ3v) is 3.47. The highest BCUT2D eigenvalue weighted by Crippen LogP contribution is 2.33. The van der Waals surface area contributed by atoms with Gasteiger partial charge in [0.2, 0.25) is 5.91 Å². The Labute approximate surface area is 107 Å². The predicted octanol–water partition coefficient (Wildman–Crippen LogP) is 1.20. The zero-order valence-corrected chi connectivity index (χ0v) is 10.9. The van der Waals surface area contributed by atoms with Crippen LogP contribution in [0, 0.1) is 0 Å². The van der Waals surface area contributed by atoms with E-state index in [2.05, 4.69) is 6.07 Å². The standard InChI is InChI=1S/C14H20N2O2/c1-14(2,9-17)16-12-5-3-10(8-15)7-11(12)4-6-13(16)18/h3,5,7,17H,4,6,8-9,15H2,1-2H3. The van der Waals surface area contributed by atoms with Gasteiger partial charge in [-0.2, -0.15) is 0 Å². The minimum atomic E-state index is -0.573. The molecular formula is C14H20N2O2. The third-order valence-electron chi connectivity index (χ3n) is 3.47. The third kappa shape index (κ3) is 2.13. The highest BCUT2D eigenvalue weighted by Gasteiger charge is 2.35. The first kappa shape index (κ1) is 13.1. The van der Waals surface area contributed by atoms with Gasteiger partial charge in [-0.3, -0.25) is 4.79 Å². The highest BCUT2D eigenvalue weighted by atomic mass is 16.3. The Morgan fingerprint density at radius 1 is 1.39 bits per heavy atom. The maximum Gasteiger partial charge on any atom is 0.227 e. The molecule has 0 atom stereocenters. The number of amides is 1. The largest absolute Gasteiger partial charge is 0.394 e. The summed E-state index contributed by atoms with van der Waals surface area (Å²) in [5.74, 6) is 0.0713. The molecule has 1 aromatic rings. The van der Waals surface area contributed by atoms with Crippen molar-refractivity contribution in [2.45, 2.75) is 38.8 Å². The van der Waals surface area contributed by atoms with Crippen LogP contribution in [-0.2, 0) is 17.8 Å².